The highest BCUT2D eigenvalue weighted by Gasteiger charge is 2.09. The van der Waals surface area contributed by atoms with Crippen LogP contribution in [0.4, 0.5) is 0 Å². The van der Waals surface area contributed by atoms with Crippen molar-refractivity contribution in [3.05, 3.63) is 30.2 Å². The zero-order valence-corrected chi connectivity index (χ0v) is 8.10. The highest BCUT2D eigenvalue weighted by Crippen LogP contribution is 2.19. The molecule has 0 amide bonds. The molecule has 2 aromatic rings. The first-order chi connectivity index (χ1) is 7.25. The first-order valence-electron chi connectivity index (χ1n) is 4.38. The lowest BCUT2D eigenvalue weighted by molar-refractivity contribution is -0.142. The second kappa shape index (κ2) is 4.00. The molecule has 0 radical (unpaired) electrons. The van der Waals surface area contributed by atoms with Gasteiger partial charge in [-0.3, -0.25) is 4.79 Å². The van der Waals surface area contributed by atoms with Crippen molar-refractivity contribution in [2.24, 2.45) is 0 Å². The monoisotopic (exact) mass is 207 g/mol. The van der Waals surface area contributed by atoms with E-state index in [-0.39, 0.29) is 12.6 Å². The maximum atomic E-state index is 10.5. The van der Waals surface area contributed by atoms with Gasteiger partial charge < -0.3 is 13.7 Å². The van der Waals surface area contributed by atoms with Crippen molar-refractivity contribution in [1.29, 1.82) is 0 Å². The zero-order valence-electron chi connectivity index (χ0n) is 8.10. The van der Waals surface area contributed by atoms with Crippen LogP contribution in [0.2, 0.25) is 0 Å². The van der Waals surface area contributed by atoms with Crippen molar-refractivity contribution < 1.29 is 18.5 Å². The maximum absolute atomic E-state index is 10.5. The summed E-state index contributed by atoms with van der Waals surface area (Å²) in [6.45, 7) is 1.42. The summed E-state index contributed by atoms with van der Waals surface area (Å²) in [6, 6.07) is 5.20. The lowest BCUT2D eigenvalue weighted by Gasteiger charge is -1.94. The summed E-state index contributed by atoms with van der Waals surface area (Å²) in [5.74, 6) is 0.746. The predicted octanol–water partition coefficient (Wildman–Crippen LogP) is 2.00. The summed E-state index contributed by atoms with van der Waals surface area (Å²) < 4.78 is 14.8. The normalized spacial score (nSPS) is 10.2. The minimum absolute atomic E-state index is 0.0864. The molecule has 0 fully saturated rings. The molecule has 0 unspecified atom stereocenters. The molecular weight excluding hydrogens is 198 g/mol. The molecule has 2 rings (SSSR count). The molecule has 0 aliphatic heterocycles. The van der Waals surface area contributed by atoms with Crippen molar-refractivity contribution in [3.63, 3.8) is 0 Å². The van der Waals surface area contributed by atoms with Gasteiger partial charge in [0, 0.05) is 13.0 Å². The smallest absolute Gasteiger partial charge is 0.303 e. The van der Waals surface area contributed by atoms with Crippen LogP contribution in [0.15, 0.2) is 33.4 Å². The molecule has 5 nitrogen and oxygen atoms in total. The number of carbonyl (C=O) groups excluding carboxylic acids is 1. The van der Waals surface area contributed by atoms with Crippen molar-refractivity contribution in [2.45, 2.75) is 13.5 Å². The molecule has 0 saturated carbocycles. The van der Waals surface area contributed by atoms with E-state index < -0.39 is 0 Å². The van der Waals surface area contributed by atoms with Crippen molar-refractivity contribution in [1.82, 2.24) is 5.16 Å². The van der Waals surface area contributed by atoms with Crippen LogP contribution in [-0.2, 0) is 16.1 Å². The number of esters is 1. The Morgan fingerprint density at radius 1 is 1.60 bits per heavy atom. The lowest BCUT2D eigenvalue weighted by Crippen LogP contribution is -1.97. The number of hydrogen-bond donors (Lipinski definition) is 0. The summed E-state index contributed by atoms with van der Waals surface area (Å²) in [4.78, 5) is 10.5. The van der Waals surface area contributed by atoms with E-state index in [1.807, 2.05) is 0 Å². The van der Waals surface area contributed by atoms with Gasteiger partial charge in [-0.1, -0.05) is 5.16 Å². The van der Waals surface area contributed by atoms with Crippen LogP contribution in [0.25, 0.3) is 11.5 Å². The van der Waals surface area contributed by atoms with Crippen LogP contribution in [0.1, 0.15) is 12.7 Å². The SMILES string of the molecule is CC(=O)OCc1cc(-c2ccco2)no1. The minimum atomic E-state index is -0.356. The average molecular weight is 207 g/mol. The number of aromatic nitrogens is 1. The molecular formula is C10H9NO4. The molecule has 0 atom stereocenters. The molecule has 0 saturated heterocycles. The third-order valence-electron chi connectivity index (χ3n) is 1.75. The van der Waals surface area contributed by atoms with Crippen LogP contribution in [0.5, 0.6) is 0 Å². The van der Waals surface area contributed by atoms with Crippen LogP contribution in [-0.4, -0.2) is 11.1 Å². The van der Waals surface area contributed by atoms with Gasteiger partial charge in [0.05, 0.1) is 6.26 Å². The van der Waals surface area contributed by atoms with Gasteiger partial charge in [-0.05, 0) is 12.1 Å². The fourth-order valence-electron chi connectivity index (χ4n) is 1.09. The molecule has 0 aliphatic rings. The van der Waals surface area contributed by atoms with E-state index in [4.69, 9.17) is 13.7 Å². The Morgan fingerprint density at radius 3 is 3.13 bits per heavy atom. The number of furan rings is 1. The van der Waals surface area contributed by atoms with Crippen LogP contribution in [0.3, 0.4) is 0 Å². The zero-order chi connectivity index (χ0) is 10.7. The number of carbonyl (C=O) groups is 1. The van der Waals surface area contributed by atoms with Gasteiger partial charge in [0.25, 0.3) is 0 Å². The molecule has 15 heavy (non-hydrogen) atoms. The highest BCUT2D eigenvalue weighted by molar-refractivity contribution is 5.65. The number of rotatable bonds is 3. The number of ether oxygens (including phenoxy) is 1. The summed E-state index contributed by atoms with van der Waals surface area (Å²) in [6.07, 6.45) is 1.55. The fraction of sp³-hybridized carbons (Fsp3) is 0.200. The maximum Gasteiger partial charge on any atom is 0.303 e. The van der Waals surface area contributed by atoms with E-state index >= 15 is 0 Å². The van der Waals surface area contributed by atoms with E-state index in [0.29, 0.717) is 17.2 Å². The number of nitrogens with zero attached hydrogens (tertiary/aromatic N) is 1. The molecule has 78 valence electrons. The van der Waals surface area contributed by atoms with E-state index in [1.54, 1.807) is 24.5 Å². The standard InChI is InChI=1S/C10H9NO4/c1-7(12)14-6-8-5-9(11-15-8)10-3-2-4-13-10/h2-5H,6H2,1H3. The summed E-state index contributed by atoms with van der Waals surface area (Å²) in [5.41, 5.74) is 0.585. The Kier molecular flexibility index (Phi) is 2.53. The van der Waals surface area contributed by atoms with E-state index in [1.165, 1.54) is 6.92 Å². The quantitative estimate of drug-likeness (QED) is 0.720. The van der Waals surface area contributed by atoms with Gasteiger partial charge in [0.1, 0.15) is 5.69 Å². The topological polar surface area (TPSA) is 65.5 Å². The van der Waals surface area contributed by atoms with Gasteiger partial charge in [-0.25, -0.2) is 0 Å². The molecule has 0 N–H and O–H groups in total. The van der Waals surface area contributed by atoms with Gasteiger partial charge in [-0.2, -0.15) is 0 Å². The Labute approximate surface area is 85.6 Å². The molecule has 2 heterocycles. The molecule has 0 bridgehead atoms. The Hall–Kier alpha value is -2.04. The van der Waals surface area contributed by atoms with E-state index in [2.05, 4.69) is 5.16 Å². The average Bonchev–Trinajstić information content (AvgIpc) is 2.85. The van der Waals surface area contributed by atoms with Crippen molar-refractivity contribution in [2.75, 3.05) is 0 Å². The van der Waals surface area contributed by atoms with Gasteiger partial charge in [0.15, 0.2) is 18.1 Å². The lowest BCUT2D eigenvalue weighted by atomic mass is 10.3. The molecule has 5 heteroatoms. The third-order valence-corrected chi connectivity index (χ3v) is 1.75. The van der Waals surface area contributed by atoms with Crippen LogP contribution in [0, 0.1) is 0 Å². The Bertz CT molecular complexity index is 444. The number of hydrogen-bond acceptors (Lipinski definition) is 5. The van der Waals surface area contributed by atoms with E-state index in [0.717, 1.165) is 0 Å². The third kappa shape index (κ3) is 2.25. The molecule has 0 aliphatic carbocycles. The van der Waals surface area contributed by atoms with Crippen LogP contribution >= 0.6 is 0 Å². The predicted molar refractivity (Wildman–Crippen MR) is 49.7 cm³/mol. The second-order valence-electron chi connectivity index (χ2n) is 2.94. The van der Waals surface area contributed by atoms with Crippen molar-refractivity contribution in [3.8, 4) is 11.5 Å². The largest absolute Gasteiger partial charge is 0.463 e. The van der Waals surface area contributed by atoms with Gasteiger partial charge in [-0.15, -0.1) is 0 Å². The molecule has 0 spiro atoms. The summed E-state index contributed by atoms with van der Waals surface area (Å²) in [7, 11) is 0. The van der Waals surface area contributed by atoms with E-state index in [9.17, 15) is 4.79 Å². The molecule has 0 aromatic carbocycles. The Morgan fingerprint density at radius 2 is 2.47 bits per heavy atom. The van der Waals surface area contributed by atoms with Gasteiger partial charge >= 0.3 is 5.97 Å². The van der Waals surface area contributed by atoms with Crippen molar-refractivity contribution >= 4 is 5.97 Å². The molecule has 2 aromatic heterocycles. The first-order valence-corrected chi connectivity index (χ1v) is 4.38. The van der Waals surface area contributed by atoms with Crippen LogP contribution < -0.4 is 0 Å². The second-order valence-corrected chi connectivity index (χ2v) is 2.94. The highest BCUT2D eigenvalue weighted by atomic mass is 16.5. The minimum Gasteiger partial charge on any atom is -0.463 e. The fourth-order valence-corrected chi connectivity index (χ4v) is 1.09. The first kappa shape index (κ1) is 9.51. The van der Waals surface area contributed by atoms with Gasteiger partial charge in [0.2, 0.25) is 0 Å². The Balaban J connectivity index is 2.08. The summed E-state index contributed by atoms with van der Waals surface area (Å²) >= 11 is 0. The summed E-state index contributed by atoms with van der Waals surface area (Å²) in [5, 5.41) is 3.78.